The van der Waals surface area contributed by atoms with Crippen LogP contribution in [-0.2, 0) is 16.4 Å². The molecule has 0 aromatic heterocycles. The van der Waals surface area contributed by atoms with Crippen molar-refractivity contribution in [2.75, 3.05) is 28.5 Å². The summed E-state index contributed by atoms with van der Waals surface area (Å²) in [6.45, 7) is 5.72. The van der Waals surface area contributed by atoms with E-state index in [0.29, 0.717) is 5.69 Å². The number of sulfonamides is 1. The standard InChI is InChI=1S/C12H18N2O2S/c1-3-14-8-7-10-5-6-11(9-12(10)14)13-17(15,16)4-2/h5-6,9,13H,3-4,7-8H2,1-2H3. The lowest BCUT2D eigenvalue weighted by molar-refractivity contribution is 0.602. The van der Waals surface area contributed by atoms with Crippen molar-refractivity contribution >= 4 is 21.4 Å². The second kappa shape index (κ2) is 4.56. The van der Waals surface area contributed by atoms with E-state index in [9.17, 15) is 8.42 Å². The first-order chi connectivity index (χ1) is 8.05. The molecule has 1 aliphatic rings. The van der Waals surface area contributed by atoms with Crippen molar-refractivity contribution in [3.05, 3.63) is 23.8 Å². The van der Waals surface area contributed by atoms with E-state index in [4.69, 9.17) is 0 Å². The number of anilines is 2. The van der Waals surface area contributed by atoms with Crippen LogP contribution in [0.4, 0.5) is 11.4 Å². The number of rotatable bonds is 4. The van der Waals surface area contributed by atoms with Gasteiger partial charge >= 0.3 is 0 Å². The van der Waals surface area contributed by atoms with Crippen molar-refractivity contribution in [2.45, 2.75) is 20.3 Å². The Morgan fingerprint density at radius 2 is 2.12 bits per heavy atom. The van der Waals surface area contributed by atoms with E-state index >= 15 is 0 Å². The average molecular weight is 254 g/mol. The van der Waals surface area contributed by atoms with Crippen LogP contribution in [0.5, 0.6) is 0 Å². The molecule has 1 N–H and O–H groups in total. The van der Waals surface area contributed by atoms with E-state index in [2.05, 4.69) is 16.5 Å². The average Bonchev–Trinajstić information content (AvgIpc) is 2.71. The number of nitrogens with zero attached hydrogens (tertiary/aromatic N) is 1. The van der Waals surface area contributed by atoms with Crippen LogP contribution >= 0.6 is 0 Å². The van der Waals surface area contributed by atoms with Crippen LogP contribution in [0.15, 0.2) is 18.2 Å². The minimum Gasteiger partial charge on any atom is -0.371 e. The van der Waals surface area contributed by atoms with Crippen LogP contribution in [0.25, 0.3) is 0 Å². The van der Waals surface area contributed by atoms with Gasteiger partial charge in [0.25, 0.3) is 0 Å². The molecular weight excluding hydrogens is 236 g/mol. The number of likely N-dealkylation sites (N-methyl/N-ethyl adjacent to an activating group) is 1. The molecule has 17 heavy (non-hydrogen) atoms. The van der Waals surface area contributed by atoms with Gasteiger partial charge < -0.3 is 4.90 Å². The van der Waals surface area contributed by atoms with Gasteiger partial charge in [0.15, 0.2) is 0 Å². The molecule has 1 aromatic carbocycles. The molecule has 5 heteroatoms. The van der Waals surface area contributed by atoms with Crippen molar-refractivity contribution in [3.8, 4) is 0 Å². The fourth-order valence-electron chi connectivity index (χ4n) is 2.09. The Morgan fingerprint density at radius 3 is 2.76 bits per heavy atom. The molecule has 94 valence electrons. The van der Waals surface area contributed by atoms with E-state index in [1.807, 2.05) is 18.2 Å². The first kappa shape index (κ1) is 12.2. The third-order valence-corrected chi connectivity index (χ3v) is 4.42. The number of nitrogens with one attached hydrogen (secondary N) is 1. The highest BCUT2D eigenvalue weighted by atomic mass is 32.2. The molecule has 0 atom stereocenters. The highest BCUT2D eigenvalue weighted by molar-refractivity contribution is 7.92. The SMILES string of the molecule is CCN1CCc2ccc(NS(=O)(=O)CC)cc21. The lowest BCUT2D eigenvalue weighted by Gasteiger charge is -2.17. The highest BCUT2D eigenvalue weighted by Gasteiger charge is 2.18. The summed E-state index contributed by atoms with van der Waals surface area (Å²) in [5.74, 6) is 0.0988. The smallest absolute Gasteiger partial charge is 0.232 e. The molecule has 0 unspecified atom stereocenters. The molecule has 0 aliphatic carbocycles. The normalized spacial score (nSPS) is 14.8. The van der Waals surface area contributed by atoms with Crippen molar-refractivity contribution in [1.82, 2.24) is 0 Å². The lowest BCUT2D eigenvalue weighted by Crippen LogP contribution is -2.19. The molecule has 0 bridgehead atoms. The Morgan fingerprint density at radius 1 is 1.35 bits per heavy atom. The second-order valence-corrected chi connectivity index (χ2v) is 6.19. The van der Waals surface area contributed by atoms with Crippen LogP contribution in [0.1, 0.15) is 19.4 Å². The van der Waals surface area contributed by atoms with E-state index in [1.165, 1.54) is 5.56 Å². The maximum Gasteiger partial charge on any atom is 0.232 e. The summed E-state index contributed by atoms with van der Waals surface area (Å²) in [4.78, 5) is 2.26. The molecule has 0 fully saturated rings. The maximum absolute atomic E-state index is 11.5. The number of benzene rings is 1. The third-order valence-electron chi connectivity index (χ3n) is 3.11. The molecule has 4 nitrogen and oxygen atoms in total. The molecule has 2 rings (SSSR count). The zero-order valence-corrected chi connectivity index (χ0v) is 11.0. The Bertz CT molecular complexity index is 511. The van der Waals surface area contributed by atoms with Crippen molar-refractivity contribution < 1.29 is 8.42 Å². The maximum atomic E-state index is 11.5. The molecule has 1 aliphatic heterocycles. The summed E-state index contributed by atoms with van der Waals surface area (Å²) in [6, 6.07) is 5.78. The summed E-state index contributed by atoms with van der Waals surface area (Å²) in [6.07, 6.45) is 1.05. The predicted octanol–water partition coefficient (Wildman–Crippen LogP) is 1.83. The quantitative estimate of drug-likeness (QED) is 0.892. The first-order valence-corrected chi connectivity index (χ1v) is 7.59. The zero-order valence-electron chi connectivity index (χ0n) is 10.2. The first-order valence-electron chi connectivity index (χ1n) is 5.94. The summed E-state index contributed by atoms with van der Waals surface area (Å²) < 4.78 is 25.6. The molecule has 0 saturated carbocycles. The van der Waals surface area contributed by atoms with Crippen molar-refractivity contribution in [2.24, 2.45) is 0 Å². The lowest BCUT2D eigenvalue weighted by atomic mass is 10.1. The second-order valence-electron chi connectivity index (χ2n) is 4.18. The van der Waals surface area contributed by atoms with Gasteiger partial charge in [-0.2, -0.15) is 0 Å². The molecular formula is C12H18N2O2S. The van der Waals surface area contributed by atoms with Crippen LogP contribution in [0.3, 0.4) is 0 Å². The van der Waals surface area contributed by atoms with Crippen molar-refractivity contribution in [3.63, 3.8) is 0 Å². The van der Waals surface area contributed by atoms with Crippen LogP contribution in [0, 0.1) is 0 Å². The Hall–Kier alpha value is -1.23. The van der Waals surface area contributed by atoms with E-state index in [0.717, 1.165) is 25.2 Å². The van der Waals surface area contributed by atoms with Gasteiger partial charge in [-0.3, -0.25) is 4.72 Å². The van der Waals surface area contributed by atoms with Gasteiger partial charge in [0.2, 0.25) is 10.0 Å². The number of fused-ring (bicyclic) bond motifs is 1. The predicted molar refractivity (Wildman–Crippen MR) is 71.1 cm³/mol. The summed E-state index contributed by atoms with van der Waals surface area (Å²) in [5, 5.41) is 0. The monoisotopic (exact) mass is 254 g/mol. The van der Waals surface area contributed by atoms with E-state index < -0.39 is 10.0 Å². The van der Waals surface area contributed by atoms with Gasteiger partial charge in [-0.15, -0.1) is 0 Å². The molecule has 0 saturated heterocycles. The topological polar surface area (TPSA) is 49.4 Å². The molecule has 1 aromatic rings. The minimum absolute atomic E-state index is 0.0988. The molecule has 0 spiro atoms. The fraction of sp³-hybridized carbons (Fsp3) is 0.500. The minimum atomic E-state index is -3.18. The largest absolute Gasteiger partial charge is 0.371 e. The van der Waals surface area contributed by atoms with Gasteiger partial charge in [-0.1, -0.05) is 6.07 Å². The van der Waals surface area contributed by atoms with Gasteiger partial charge in [-0.05, 0) is 38.0 Å². The highest BCUT2D eigenvalue weighted by Crippen LogP contribution is 2.30. The molecule has 1 heterocycles. The third kappa shape index (κ3) is 2.54. The van der Waals surface area contributed by atoms with Gasteiger partial charge in [-0.25, -0.2) is 8.42 Å². The number of hydrogen-bond donors (Lipinski definition) is 1. The fourth-order valence-corrected chi connectivity index (χ4v) is 2.72. The van der Waals surface area contributed by atoms with Crippen LogP contribution in [-0.4, -0.2) is 27.3 Å². The van der Waals surface area contributed by atoms with Gasteiger partial charge in [0, 0.05) is 18.8 Å². The van der Waals surface area contributed by atoms with E-state index in [-0.39, 0.29) is 5.75 Å². The van der Waals surface area contributed by atoms with Crippen LogP contribution in [0.2, 0.25) is 0 Å². The van der Waals surface area contributed by atoms with E-state index in [1.54, 1.807) is 6.92 Å². The summed E-state index contributed by atoms with van der Waals surface area (Å²) in [7, 11) is -3.18. The Kier molecular flexibility index (Phi) is 3.28. The Balaban J connectivity index is 2.28. The Labute approximate surface area is 103 Å². The number of hydrogen-bond acceptors (Lipinski definition) is 3. The zero-order chi connectivity index (χ0) is 12.5. The molecule has 0 radical (unpaired) electrons. The van der Waals surface area contributed by atoms with Crippen LogP contribution < -0.4 is 9.62 Å². The van der Waals surface area contributed by atoms with Gasteiger partial charge in [0.1, 0.15) is 0 Å². The van der Waals surface area contributed by atoms with Crippen molar-refractivity contribution in [1.29, 1.82) is 0 Å². The van der Waals surface area contributed by atoms with Gasteiger partial charge in [0.05, 0.1) is 11.4 Å². The molecule has 0 amide bonds. The summed E-state index contributed by atoms with van der Waals surface area (Å²) in [5.41, 5.74) is 3.11. The summed E-state index contributed by atoms with van der Waals surface area (Å²) >= 11 is 0.